The highest BCUT2D eigenvalue weighted by atomic mass is 19.4. The van der Waals surface area contributed by atoms with Crippen molar-refractivity contribution in [2.75, 3.05) is 12.8 Å². The Kier molecular flexibility index (Phi) is 4.88. The number of hydrogen-bond donors (Lipinski definition) is 1. The number of nitrogens with two attached hydrogens (primary N) is 1. The molecular weight excluding hydrogens is 452 g/mol. The first-order valence-corrected chi connectivity index (χ1v) is 10.7. The number of anilines is 1. The fourth-order valence-electron chi connectivity index (χ4n) is 5.21. The molecule has 6 nitrogen and oxygen atoms in total. The van der Waals surface area contributed by atoms with Crippen molar-refractivity contribution in [2.24, 2.45) is 5.41 Å². The zero-order chi connectivity index (χ0) is 24.6. The highest BCUT2D eigenvalue weighted by Gasteiger charge is 2.45. The molecule has 1 unspecified atom stereocenters. The summed E-state index contributed by atoms with van der Waals surface area (Å²) in [5.41, 5.74) is 6.87. The van der Waals surface area contributed by atoms with Gasteiger partial charge in [0.2, 0.25) is 0 Å². The number of carbonyl (C=O) groups is 1. The maximum absolute atomic E-state index is 15.1. The van der Waals surface area contributed by atoms with Crippen molar-refractivity contribution in [3.8, 4) is 0 Å². The van der Waals surface area contributed by atoms with E-state index in [0.29, 0.717) is 23.1 Å². The van der Waals surface area contributed by atoms with Gasteiger partial charge in [-0.05, 0) is 35.1 Å². The number of halogens is 4. The minimum Gasteiger partial charge on any atom is -0.383 e. The number of nitrogens with zero attached hydrogens (tertiary/aromatic N) is 3. The lowest BCUT2D eigenvalue weighted by Crippen LogP contribution is -2.37. The average molecular weight is 474 g/mol. The maximum atomic E-state index is 15.1. The average Bonchev–Trinajstić information content (AvgIpc) is 3.33. The van der Waals surface area contributed by atoms with Crippen LogP contribution in [0, 0.1) is 11.2 Å². The van der Waals surface area contributed by atoms with Crippen LogP contribution in [0.5, 0.6) is 0 Å². The fraction of sp³-hybridized carbons (Fsp3) is 0.375. The van der Waals surface area contributed by atoms with E-state index in [9.17, 15) is 18.0 Å². The van der Waals surface area contributed by atoms with Gasteiger partial charge in [0.25, 0.3) is 5.91 Å². The molecule has 2 N–H and O–H groups in total. The van der Waals surface area contributed by atoms with Gasteiger partial charge in [0.15, 0.2) is 0 Å². The number of nitrogen functional groups attached to an aromatic ring is 1. The van der Waals surface area contributed by atoms with Crippen LogP contribution in [0.15, 0.2) is 24.3 Å². The molecule has 2 aromatic heterocycles. The van der Waals surface area contributed by atoms with Gasteiger partial charge >= 0.3 is 6.18 Å². The van der Waals surface area contributed by atoms with E-state index in [2.05, 4.69) is 9.97 Å². The molecule has 0 radical (unpaired) electrons. The number of rotatable bonds is 2. The Hall–Kier alpha value is -3.27. The monoisotopic (exact) mass is 474 g/mol. The highest BCUT2D eigenvalue weighted by molar-refractivity contribution is 5.99. The second-order valence-corrected chi connectivity index (χ2v) is 9.51. The van der Waals surface area contributed by atoms with Gasteiger partial charge in [-0.1, -0.05) is 19.9 Å². The third kappa shape index (κ3) is 3.39. The summed E-state index contributed by atoms with van der Waals surface area (Å²) >= 11 is 0. The number of aromatic nitrogens is 2. The van der Waals surface area contributed by atoms with Crippen LogP contribution in [0.3, 0.4) is 0 Å². The first-order valence-electron chi connectivity index (χ1n) is 10.7. The lowest BCUT2D eigenvalue weighted by atomic mass is 9.84. The third-order valence-corrected chi connectivity index (χ3v) is 6.71. The number of carbonyl (C=O) groups excluding carboxylic acids is 1. The Morgan fingerprint density at radius 1 is 1.18 bits per heavy atom. The smallest absolute Gasteiger partial charge is 0.383 e. The van der Waals surface area contributed by atoms with Crippen molar-refractivity contribution in [2.45, 2.75) is 45.7 Å². The van der Waals surface area contributed by atoms with E-state index in [4.69, 9.17) is 10.5 Å². The Bertz CT molecular complexity index is 1350. The molecule has 3 aromatic rings. The summed E-state index contributed by atoms with van der Waals surface area (Å²) in [5.74, 6) is -1.07. The molecule has 1 amide bonds. The Morgan fingerprint density at radius 2 is 1.88 bits per heavy atom. The first-order chi connectivity index (χ1) is 15.9. The SMILES string of the molecule is CN(C(=O)c1cc2c3c(c(N)nc2cc1F)COC3)C1c2ccc(C(F)(F)F)nc2CC1(C)C. The zero-order valence-electron chi connectivity index (χ0n) is 18.8. The van der Waals surface area contributed by atoms with Crippen LogP contribution < -0.4 is 5.73 Å². The van der Waals surface area contributed by atoms with Gasteiger partial charge in [0, 0.05) is 29.8 Å². The van der Waals surface area contributed by atoms with E-state index in [1.165, 1.54) is 30.1 Å². The molecule has 1 aromatic carbocycles. The first kappa shape index (κ1) is 22.5. The van der Waals surface area contributed by atoms with E-state index in [1.807, 2.05) is 13.8 Å². The number of ether oxygens (including phenoxy) is 1. The number of benzene rings is 1. The summed E-state index contributed by atoms with van der Waals surface area (Å²) in [7, 11) is 1.53. The number of hydrogen-bond acceptors (Lipinski definition) is 5. The van der Waals surface area contributed by atoms with Crippen LogP contribution in [0.1, 0.15) is 58.3 Å². The molecular formula is C24H22F4N4O2. The second-order valence-electron chi connectivity index (χ2n) is 9.51. The number of alkyl halides is 3. The van der Waals surface area contributed by atoms with Crippen LogP contribution in [0.4, 0.5) is 23.4 Å². The second kappa shape index (κ2) is 7.36. The van der Waals surface area contributed by atoms with Gasteiger partial charge in [-0.2, -0.15) is 13.2 Å². The Labute approximate surface area is 192 Å². The highest BCUT2D eigenvalue weighted by Crippen LogP contribution is 2.48. The zero-order valence-corrected chi connectivity index (χ0v) is 18.8. The van der Waals surface area contributed by atoms with E-state index < -0.39 is 35.1 Å². The normalized spacial score (nSPS) is 18.7. The summed E-state index contributed by atoms with van der Waals surface area (Å²) in [5, 5.41) is 0.586. The molecule has 178 valence electrons. The molecule has 0 fully saturated rings. The summed E-state index contributed by atoms with van der Waals surface area (Å²) in [4.78, 5) is 22.9. The molecule has 1 atom stereocenters. The maximum Gasteiger partial charge on any atom is 0.433 e. The van der Waals surface area contributed by atoms with Gasteiger partial charge in [-0.15, -0.1) is 0 Å². The third-order valence-electron chi connectivity index (χ3n) is 6.71. The molecule has 0 spiro atoms. The number of fused-ring (bicyclic) bond motifs is 4. The van der Waals surface area contributed by atoms with Crippen molar-refractivity contribution in [1.82, 2.24) is 14.9 Å². The topological polar surface area (TPSA) is 81.3 Å². The van der Waals surface area contributed by atoms with Crippen LogP contribution in [-0.4, -0.2) is 27.8 Å². The van der Waals surface area contributed by atoms with Gasteiger partial charge in [-0.25, -0.2) is 14.4 Å². The lowest BCUT2D eigenvalue weighted by Gasteiger charge is -2.35. The summed E-state index contributed by atoms with van der Waals surface area (Å²) in [6.07, 6.45) is -4.31. The number of amides is 1. The minimum absolute atomic E-state index is 0.153. The minimum atomic E-state index is -4.56. The van der Waals surface area contributed by atoms with Crippen molar-refractivity contribution in [3.63, 3.8) is 0 Å². The summed E-state index contributed by atoms with van der Waals surface area (Å²) in [6.45, 7) is 4.28. The van der Waals surface area contributed by atoms with E-state index >= 15 is 4.39 Å². The summed E-state index contributed by atoms with van der Waals surface area (Å²) < 4.78 is 60.0. The molecule has 5 rings (SSSR count). The van der Waals surface area contributed by atoms with Crippen LogP contribution in [-0.2, 0) is 30.5 Å². The fourth-order valence-corrected chi connectivity index (χ4v) is 5.21. The molecule has 2 aliphatic rings. The number of pyridine rings is 2. The molecule has 1 aliphatic carbocycles. The van der Waals surface area contributed by atoms with E-state index in [1.54, 1.807) is 0 Å². The molecule has 34 heavy (non-hydrogen) atoms. The van der Waals surface area contributed by atoms with Gasteiger partial charge in [0.1, 0.15) is 17.3 Å². The van der Waals surface area contributed by atoms with E-state index in [0.717, 1.165) is 17.2 Å². The predicted molar refractivity (Wildman–Crippen MR) is 116 cm³/mol. The van der Waals surface area contributed by atoms with Crippen molar-refractivity contribution in [1.29, 1.82) is 0 Å². The van der Waals surface area contributed by atoms with Crippen LogP contribution >= 0.6 is 0 Å². The lowest BCUT2D eigenvalue weighted by molar-refractivity contribution is -0.141. The molecule has 0 bridgehead atoms. The van der Waals surface area contributed by atoms with E-state index in [-0.39, 0.29) is 30.1 Å². The summed E-state index contributed by atoms with van der Waals surface area (Å²) in [6, 6.07) is 4.33. The van der Waals surface area contributed by atoms with Crippen molar-refractivity contribution in [3.05, 3.63) is 63.7 Å². The van der Waals surface area contributed by atoms with Crippen molar-refractivity contribution < 1.29 is 27.1 Å². The van der Waals surface area contributed by atoms with Gasteiger partial charge in [0.05, 0.1) is 30.3 Å². The van der Waals surface area contributed by atoms with Gasteiger partial charge in [-0.3, -0.25) is 4.79 Å². The largest absolute Gasteiger partial charge is 0.433 e. The van der Waals surface area contributed by atoms with Gasteiger partial charge < -0.3 is 15.4 Å². The molecule has 1 aliphatic heterocycles. The Balaban J connectivity index is 1.56. The predicted octanol–water partition coefficient (Wildman–Crippen LogP) is 4.80. The molecule has 0 saturated heterocycles. The standard InChI is InChI=1S/C24H22F4N4O2/c1-23(2)8-18-11(4-5-19(30-18)24(26,27)28)20(23)32(3)22(33)13-6-12-14-9-34-10-15(14)21(29)31-17(12)7-16(13)25/h4-7,20H,8-10H2,1-3H3,(H2,29,31). The molecule has 0 saturated carbocycles. The molecule has 3 heterocycles. The van der Waals surface area contributed by atoms with Crippen molar-refractivity contribution >= 4 is 22.6 Å². The Morgan fingerprint density at radius 3 is 2.59 bits per heavy atom. The van der Waals surface area contributed by atoms with Crippen LogP contribution in [0.25, 0.3) is 10.9 Å². The van der Waals surface area contributed by atoms with Crippen LogP contribution in [0.2, 0.25) is 0 Å². The quantitative estimate of drug-likeness (QED) is 0.540. The molecule has 10 heteroatoms.